The highest BCUT2D eigenvalue weighted by atomic mass is 32.2. The van der Waals surface area contributed by atoms with Gasteiger partial charge in [0, 0.05) is 28.7 Å². The zero-order chi connectivity index (χ0) is 22.9. The van der Waals surface area contributed by atoms with E-state index in [-0.39, 0.29) is 16.8 Å². The summed E-state index contributed by atoms with van der Waals surface area (Å²) in [4.78, 5) is 16.6. The van der Waals surface area contributed by atoms with Crippen LogP contribution < -0.4 is 4.74 Å². The lowest BCUT2D eigenvalue weighted by atomic mass is 10.0. The van der Waals surface area contributed by atoms with Gasteiger partial charge in [-0.1, -0.05) is 36.8 Å². The van der Waals surface area contributed by atoms with Crippen molar-refractivity contribution in [3.63, 3.8) is 0 Å². The van der Waals surface area contributed by atoms with E-state index in [0.717, 1.165) is 22.8 Å². The van der Waals surface area contributed by atoms with Crippen molar-refractivity contribution in [2.75, 3.05) is 26.2 Å². The van der Waals surface area contributed by atoms with Gasteiger partial charge in [-0.15, -0.1) is 11.8 Å². The minimum absolute atomic E-state index is 0.0105. The third-order valence-corrected chi connectivity index (χ3v) is 7.23. The summed E-state index contributed by atoms with van der Waals surface area (Å²) < 4.78 is 5.91. The molecule has 0 aromatic heterocycles. The quantitative estimate of drug-likeness (QED) is 0.281. The van der Waals surface area contributed by atoms with Gasteiger partial charge in [-0.3, -0.25) is 9.69 Å². The smallest absolute Gasteiger partial charge is 0.164 e. The van der Waals surface area contributed by atoms with Crippen molar-refractivity contribution < 1.29 is 14.6 Å². The van der Waals surface area contributed by atoms with Crippen molar-refractivity contribution in [3.05, 3.63) is 90.0 Å². The second-order valence-corrected chi connectivity index (χ2v) is 9.69. The van der Waals surface area contributed by atoms with Crippen molar-refractivity contribution in [2.45, 2.75) is 35.8 Å². The van der Waals surface area contributed by atoms with Crippen LogP contribution in [0.4, 0.5) is 0 Å². The maximum Gasteiger partial charge on any atom is 0.164 e. The highest BCUT2D eigenvalue weighted by Gasteiger charge is 2.19. The molecule has 1 N–H and O–H groups in total. The molecule has 5 heteroatoms. The number of piperidine rings is 1. The predicted octanol–water partition coefficient (Wildman–Crippen LogP) is 6.36. The molecule has 0 spiro atoms. The zero-order valence-electron chi connectivity index (χ0n) is 18.9. The molecule has 0 amide bonds. The minimum Gasteiger partial charge on any atom is -0.508 e. The first-order valence-corrected chi connectivity index (χ1v) is 12.5. The number of likely N-dealkylation sites (tertiary alicyclic amines) is 1. The molecule has 0 saturated carbocycles. The van der Waals surface area contributed by atoms with E-state index >= 15 is 0 Å². The molecule has 3 aromatic rings. The van der Waals surface area contributed by atoms with E-state index in [4.69, 9.17) is 4.74 Å². The molecule has 1 aliphatic rings. The average molecular weight is 462 g/mol. The summed E-state index contributed by atoms with van der Waals surface area (Å²) in [6.45, 7) is 3.96. The molecule has 172 valence electrons. The lowest BCUT2D eigenvalue weighted by Gasteiger charge is -2.26. The highest BCUT2D eigenvalue weighted by Crippen LogP contribution is 2.39. The number of ether oxygens (including phenoxy) is 1. The monoisotopic (exact) mass is 461 g/mol. The predicted molar refractivity (Wildman–Crippen MR) is 134 cm³/mol. The third kappa shape index (κ3) is 7.11. The van der Waals surface area contributed by atoms with Crippen LogP contribution >= 0.6 is 11.8 Å². The number of nitrogens with zero attached hydrogens (tertiary/aromatic N) is 1. The number of Topliss-reactive ketones (excluding diaryl/α,β-unsaturated/α-hetero) is 1. The number of aromatic hydroxyl groups is 1. The Morgan fingerprint density at radius 1 is 0.909 bits per heavy atom. The van der Waals surface area contributed by atoms with Gasteiger partial charge in [0.2, 0.25) is 0 Å². The Kier molecular flexibility index (Phi) is 8.45. The van der Waals surface area contributed by atoms with E-state index in [1.54, 1.807) is 23.9 Å². The number of phenolic OH excluding ortho intramolecular Hbond substituents is 1. The van der Waals surface area contributed by atoms with E-state index in [1.807, 2.05) is 54.6 Å². The first-order valence-electron chi connectivity index (χ1n) is 11.7. The van der Waals surface area contributed by atoms with Crippen molar-refractivity contribution in [1.82, 2.24) is 4.90 Å². The Morgan fingerprint density at radius 3 is 2.30 bits per heavy atom. The molecular weight excluding hydrogens is 430 g/mol. The largest absolute Gasteiger partial charge is 0.508 e. The molecule has 0 radical (unpaired) electrons. The van der Waals surface area contributed by atoms with Gasteiger partial charge in [-0.2, -0.15) is 0 Å². The standard InChI is InChI=1S/C28H31NO3S/c30-24-11-15-26(16-12-24)33-28(23-7-3-1-4-8-23)21-27(31)22-9-13-25(14-10-22)32-20-19-29-17-5-2-6-18-29/h1,3-4,7-16,28,30H,2,5-6,17-21H2. The van der Waals surface area contributed by atoms with Crippen LogP contribution in [0.1, 0.15) is 46.9 Å². The van der Waals surface area contributed by atoms with Gasteiger partial charge >= 0.3 is 0 Å². The Balaban J connectivity index is 1.36. The zero-order valence-corrected chi connectivity index (χ0v) is 19.7. The summed E-state index contributed by atoms with van der Waals surface area (Å²) in [6, 6.07) is 24.8. The molecule has 1 fully saturated rings. The lowest BCUT2D eigenvalue weighted by molar-refractivity contribution is 0.0982. The van der Waals surface area contributed by atoms with E-state index in [1.165, 1.54) is 32.4 Å². The van der Waals surface area contributed by atoms with Crippen molar-refractivity contribution in [3.8, 4) is 11.5 Å². The number of rotatable bonds is 10. The second-order valence-electron chi connectivity index (χ2n) is 8.41. The number of benzene rings is 3. The maximum absolute atomic E-state index is 13.1. The Bertz CT molecular complexity index is 1000. The molecule has 33 heavy (non-hydrogen) atoms. The van der Waals surface area contributed by atoms with Crippen molar-refractivity contribution >= 4 is 17.5 Å². The Hall–Kier alpha value is -2.76. The molecule has 1 unspecified atom stereocenters. The molecule has 0 aliphatic carbocycles. The minimum atomic E-state index is -0.0105. The summed E-state index contributed by atoms with van der Waals surface area (Å²) in [5.74, 6) is 1.15. The second kappa shape index (κ2) is 11.9. The Labute approximate surface area is 200 Å². The number of thioether (sulfide) groups is 1. The number of hydrogen-bond donors (Lipinski definition) is 1. The van der Waals surface area contributed by atoms with Crippen LogP contribution in [-0.4, -0.2) is 42.0 Å². The van der Waals surface area contributed by atoms with E-state index in [2.05, 4.69) is 17.0 Å². The van der Waals surface area contributed by atoms with Crippen LogP contribution in [0.15, 0.2) is 83.8 Å². The van der Waals surface area contributed by atoms with Gasteiger partial charge in [-0.05, 0) is 80.0 Å². The number of phenols is 1. The maximum atomic E-state index is 13.1. The molecule has 1 atom stereocenters. The first kappa shape index (κ1) is 23.4. The molecule has 0 bridgehead atoms. The number of ketones is 1. The van der Waals surface area contributed by atoms with E-state index in [0.29, 0.717) is 18.6 Å². The van der Waals surface area contributed by atoms with Gasteiger partial charge in [0.05, 0.1) is 0 Å². The van der Waals surface area contributed by atoms with Crippen LogP contribution in [-0.2, 0) is 0 Å². The van der Waals surface area contributed by atoms with Gasteiger partial charge in [-0.25, -0.2) is 0 Å². The van der Waals surface area contributed by atoms with Crippen molar-refractivity contribution in [2.24, 2.45) is 0 Å². The fourth-order valence-electron chi connectivity index (χ4n) is 4.08. The third-order valence-electron chi connectivity index (χ3n) is 5.96. The van der Waals surface area contributed by atoms with Gasteiger partial charge in [0.25, 0.3) is 0 Å². The Morgan fingerprint density at radius 2 is 1.61 bits per heavy atom. The van der Waals surface area contributed by atoms with Crippen molar-refractivity contribution in [1.29, 1.82) is 0 Å². The summed E-state index contributed by atoms with van der Waals surface area (Å²) >= 11 is 1.64. The number of carbonyl (C=O) groups excluding carboxylic acids is 1. The van der Waals surface area contributed by atoms with Crippen LogP contribution in [0.2, 0.25) is 0 Å². The van der Waals surface area contributed by atoms with Gasteiger partial charge in [0.15, 0.2) is 5.78 Å². The van der Waals surface area contributed by atoms with E-state index < -0.39 is 0 Å². The van der Waals surface area contributed by atoms with Gasteiger partial charge < -0.3 is 9.84 Å². The molecule has 4 nitrogen and oxygen atoms in total. The van der Waals surface area contributed by atoms with Crippen LogP contribution in [0.25, 0.3) is 0 Å². The summed E-state index contributed by atoms with van der Waals surface area (Å²) in [6.07, 6.45) is 4.30. The molecule has 3 aromatic carbocycles. The van der Waals surface area contributed by atoms with Crippen LogP contribution in [0, 0.1) is 0 Å². The van der Waals surface area contributed by atoms with Crippen LogP contribution in [0.5, 0.6) is 11.5 Å². The van der Waals surface area contributed by atoms with E-state index in [9.17, 15) is 9.90 Å². The number of hydrogen-bond acceptors (Lipinski definition) is 5. The van der Waals surface area contributed by atoms with Crippen LogP contribution in [0.3, 0.4) is 0 Å². The first-order chi connectivity index (χ1) is 16.2. The summed E-state index contributed by atoms with van der Waals surface area (Å²) in [7, 11) is 0. The lowest BCUT2D eigenvalue weighted by Crippen LogP contribution is -2.33. The summed E-state index contributed by atoms with van der Waals surface area (Å²) in [5, 5.41) is 9.56. The molecule has 1 saturated heterocycles. The molecular formula is C28H31NO3S. The molecule has 1 heterocycles. The average Bonchev–Trinajstić information content (AvgIpc) is 2.86. The molecule has 4 rings (SSSR count). The summed E-state index contributed by atoms with van der Waals surface area (Å²) in [5.41, 5.74) is 1.81. The fourth-order valence-corrected chi connectivity index (χ4v) is 5.23. The SMILES string of the molecule is O=C(CC(Sc1ccc(O)cc1)c1ccccc1)c1ccc(OCCN2CCCCC2)cc1. The topological polar surface area (TPSA) is 49.8 Å². The normalized spacial score (nSPS) is 15.2. The number of carbonyl (C=O) groups is 1. The van der Waals surface area contributed by atoms with Gasteiger partial charge in [0.1, 0.15) is 18.1 Å². The highest BCUT2D eigenvalue weighted by molar-refractivity contribution is 7.99. The molecule has 1 aliphatic heterocycles. The fraction of sp³-hybridized carbons (Fsp3) is 0.321.